The van der Waals surface area contributed by atoms with Crippen molar-refractivity contribution in [2.24, 2.45) is 5.73 Å². The number of hydrogen-bond acceptors (Lipinski definition) is 6. The minimum absolute atomic E-state index is 0.146. The number of ether oxygens (including phenoxy) is 3. The number of benzene rings is 2. The molecule has 3 N–H and O–H groups in total. The number of carbonyl (C=O) groups excluding carboxylic acids is 2. The van der Waals surface area contributed by atoms with Gasteiger partial charge in [-0.3, -0.25) is 4.79 Å². The zero-order valence-electron chi connectivity index (χ0n) is 22.4. The van der Waals surface area contributed by atoms with Crippen molar-refractivity contribution in [3.8, 4) is 0 Å². The van der Waals surface area contributed by atoms with E-state index in [2.05, 4.69) is 29.6 Å². The maximum absolute atomic E-state index is 13.4. The average Bonchev–Trinajstić information content (AvgIpc) is 2.82. The van der Waals surface area contributed by atoms with Gasteiger partial charge >= 0.3 is 6.09 Å². The minimum atomic E-state index is -0.657. The Hall–Kier alpha value is -2.68. The molecule has 2 rings (SSSR count). The second kappa shape index (κ2) is 14.8. The predicted octanol–water partition coefficient (Wildman–Crippen LogP) is 4.59. The van der Waals surface area contributed by atoms with Gasteiger partial charge in [0.05, 0.1) is 12.6 Å². The van der Waals surface area contributed by atoms with E-state index in [1.807, 2.05) is 52.8 Å². The molecule has 8 heteroatoms. The lowest BCUT2D eigenvalue weighted by Crippen LogP contribution is -2.47. The maximum Gasteiger partial charge on any atom is 0.407 e. The van der Waals surface area contributed by atoms with Gasteiger partial charge in [-0.1, -0.05) is 36.4 Å². The molecule has 0 saturated carbocycles. The van der Waals surface area contributed by atoms with Crippen LogP contribution in [0.1, 0.15) is 59.4 Å². The molecule has 200 valence electrons. The minimum Gasteiger partial charge on any atom is -0.444 e. The molecule has 0 saturated heterocycles. The topological polar surface area (TPSA) is 103 Å². The third kappa shape index (κ3) is 10.5. The van der Waals surface area contributed by atoms with Gasteiger partial charge in [0, 0.05) is 26.3 Å². The van der Waals surface area contributed by atoms with Gasteiger partial charge in [0.1, 0.15) is 5.60 Å². The third-order valence-corrected chi connectivity index (χ3v) is 5.50. The Kier molecular flexibility index (Phi) is 12.1. The number of rotatable bonds is 14. The van der Waals surface area contributed by atoms with Gasteiger partial charge < -0.3 is 30.2 Å². The first-order chi connectivity index (χ1) is 17.1. The summed E-state index contributed by atoms with van der Waals surface area (Å²) in [5.41, 5.74) is 6.81. The summed E-state index contributed by atoms with van der Waals surface area (Å²) in [6.07, 6.45) is 0.951. The molecule has 0 heterocycles. The first-order valence-corrected chi connectivity index (χ1v) is 12.8. The molecule has 2 amide bonds. The van der Waals surface area contributed by atoms with Crippen molar-refractivity contribution in [3.05, 3.63) is 48.0 Å². The van der Waals surface area contributed by atoms with Gasteiger partial charge in [0.2, 0.25) is 5.91 Å². The van der Waals surface area contributed by atoms with E-state index in [0.717, 1.165) is 16.3 Å². The zero-order valence-corrected chi connectivity index (χ0v) is 22.4. The van der Waals surface area contributed by atoms with Gasteiger partial charge in [-0.15, -0.1) is 0 Å². The van der Waals surface area contributed by atoms with Crippen LogP contribution in [0.5, 0.6) is 0 Å². The molecule has 0 radical (unpaired) electrons. The molecule has 1 atom stereocenters. The van der Waals surface area contributed by atoms with Gasteiger partial charge in [0.15, 0.2) is 6.29 Å². The second-order valence-corrected chi connectivity index (χ2v) is 9.77. The highest BCUT2D eigenvalue weighted by Crippen LogP contribution is 2.18. The van der Waals surface area contributed by atoms with Gasteiger partial charge in [-0.25, -0.2) is 4.79 Å². The van der Waals surface area contributed by atoms with E-state index < -0.39 is 24.0 Å². The zero-order chi connectivity index (χ0) is 26.6. The molecule has 0 fully saturated rings. The van der Waals surface area contributed by atoms with Crippen LogP contribution >= 0.6 is 0 Å². The Morgan fingerprint density at radius 1 is 1.00 bits per heavy atom. The standard InChI is InChI=1S/C28H43N3O5/c1-6-34-25(35-7-2)20-31(19-21-15-16-22-12-8-9-13-23(22)18-21)26(32)24(29)14-10-11-17-30-27(33)36-28(3,4)5/h8-9,12-13,15-16,18,24-25H,6-7,10-11,14,17,19-20,29H2,1-5H3,(H,30,33). The Morgan fingerprint density at radius 2 is 1.67 bits per heavy atom. The summed E-state index contributed by atoms with van der Waals surface area (Å²) in [5.74, 6) is -0.146. The molecular weight excluding hydrogens is 458 g/mol. The van der Waals surface area contributed by atoms with Crippen LogP contribution < -0.4 is 11.1 Å². The number of amides is 2. The Morgan fingerprint density at radius 3 is 2.31 bits per heavy atom. The number of carbonyl (C=O) groups is 2. The number of nitrogens with zero attached hydrogens (tertiary/aromatic N) is 1. The van der Waals surface area contributed by atoms with E-state index in [-0.39, 0.29) is 5.91 Å². The quantitative estimate of drug-likeness (QED) is 0.290. The smallest absolute Gasteiger partial charge is 0.407 e. The van der Waals surface area contributed by atoms with E-state index in [0.29, 0.717) is 52.1 Å². The SMILES string of the molecule is CCOC(CN(Cc1ccc2ccccc2c1)C(=O)C(N)CCCCNC(=O)OC(C)(C)C)OCC. The molecule has 2 aromatic carbocycles. The fourth-order valence-electron chi connectivity index (χ4n) is 3.85. The number of nitrogens with one attached hydrogen (secondary N) is 1. The molecule has 0 aromatic heterocycles. The van der Waals surface area contributed by atoms with Gasteiger partial charge in [-0.2, -0.15) is 0 Å². The molecule has 0 aliphatic rings. The summed E-state index contributed by atoms with van der Waals surface area (Å²) in [6.45, 7) is 11.4. The monoisotopic (exact) mass is 501 g/mol. The summed E-state index contributed by atoms with van der Waals surface area (Å²) < 4.78 is 16.7. The predicted molar refractivity (Wildman–Crippen MR) is 142 cm³/mol. The van der Waals surface area contributed by atoms with Crippen LogP contribution in [0.3, 0.4) is 0 Å². The van der Waals surface area contributed by atoms with Crippen LogP contribution in [-0.4, -0.2) is 61.1 Å². The number of alkyl carbamates (subject to hydrolysis) is 1. The Balaban J connectivity index is 1.99. The second-order valence-electron chi connectivity index (χ2n) is 9.77. The highest BCUT2D eigenvalue weighted by atomic mass is 16.7. The molecule has 0 spiro atoms. The molecule has 1 unspecified atom stereocenters. The van der Waals surface area contributed by atoms with Gasteiger partial charge in [0.25, 0.3) is 0 Å². The van der Waals surface area contributed by atoms with Crippen LogP contribution in [0.25, 0.3) is 10.8 Å². The lowest BCUT2D eigenvalue weighted by molar-refractivity contribution is -0.160. The highest BCUT2D eigenvalue weighted by Gasteiger charge is 2.25. The van der Waals surface area contributed by atoms with Crippen molar-refractivity contribution in [2.45, 2.75) is 78.4 Å². The van der Waals surface area contributed by atoms with Crippen LogP contribution in [0, 0.1) is 0 Å². The lowest BCUT2D eigenvalue weighted by atomic mass is 10.1. The first-order valence-electron chi connectivity index (χ1n) is 12.8. The van der Waals surface area contributed by atoms with E-state index in [9.17, 15) is 9.59 Å². The summed E-state index contributed by atoms with van der Waals surface area (Å²) in [6, 6.07) is 13.7. The van der Waals surface area contributed by atoms with Crippen molar-refractivity contribution in [2.75, 3.05) is 26.3 Å². The maximum atomic E-state index is 13.4. The molecule has 0 aliphatic carbocycles. The summed E-state index contributed by atoms with van der Waals surface area (Å²) in [4.78, 5) is 26.9. The van der Waals surface area contributed by atoms with E-state index in [4.69, 9.17) is 19.9 Å². The Bertz CT molecular complexity index is 954. The lowest BCUT2D eigenvalue weighted by Gasteiger charge is -2.29. The van der Waals surface area contributed by atoms with Crippen LogP contribution in [-0.2, 0) is 25.5 Å². The molecule has 36 heavy (non-hydrogen) atoms. The average molecular weight is 502 g/mol. The Labute approximate surface area is 215 Å². The molecule has 0 bridgehead atoms. The van der Waals surface area contributed by atoms with Crippen molar-refractivity contribution >= 4 is 22.8 Å². The van der Waals surface area contributed by atoms with Crippen molar-refractivity contribution in [1.29, 1.82) is 0 Å². The molecular formula is C28H43N3O5. The molecule has 8 nitrogen and oxygen atoms in total. The van der Waals surface area contributed by atoms with E-state index in [1.54, 1.807) is 4.90 Å². The fraction of sp³-hybridized carbons (Fsp3) is 0.571. The van der Waals surface area contributed by atoms with Crippen molar-refractivity contribution < 1.29 is 23.8 Å². The fourth-order valence-corrected chi connectivity index (χ4v) is 3.85. The van der Waals surface area contributed by atoms with Gasteiger partial charge in [-0.05, 0) is 76.3 Å². The summed E-state index contributed by atoms with van der Waals surface area (Å²) in [7, 11) is 0. The number of hydrogen-bond donors (Lipinski definition) is 2. The molecule has 0 aliphatic heterocycles. The van der Waals surface area contributed by atoms with Crippen molar-refractivity contribution in [1.82, 2.24) is 10.2 Å². The van der Waals surface area contributed by atoms with Crippen LogP contribution in [0.15, 0.2) is 42.5 Å². The number of fused-ring (bicyclic) bond motifs is 1. The molecule has 2 aromatic rings. The van der Waals surface area contributed by atoms with E-state index >= 15 is 0 Å². The van der Waals surface area contributed by atoms with Crippen molar-refractivity contribution in [3.63, 3.8) is 0 Å². The third-order valence-electron chi connectivity index (χ3n) is 5.50. The van der Waals surface area contributed by atoms with E-state index in [1.165, 1.54) is 0 Å². The normalized spacial score (nSPS) is 12.5. The number of nitrogens with two attached hydrogens (primary N) is 1. The summed E-state index contributed by atoms with van der Waals surface area (Å²) in [5, 5.41) is 5.01. The first kappa shape index (κ1) is 29.5. The van der Waals surface area contributed by atoms with Crippen LogP contribution in [0.2, 0.25) is 0 Å². The van der Waals surface area contributed by atoms with Crippen LogP contribution in [0.4, 0.5) is 4.79 Å². The number of unbranched alkanes of at least 4 members (excludes halogenated alkanes) is 1. The highest BCUT2D eigenvalue weighted by molar-refractivity contribution is 5.84. The summed E-state index contributed by atoms with van der Waals surface area (Å²) >= 11 is 0. The largest absolute Gasteiger partial charge is 0.444 e.